The van der Waals surface area contributed by atoms with Gasteiger partial charge in [0, 0.05) is 23.5 Å². The zero-order valence-electron chi connectivity index (χ0n) is 13.4. The number of nitrogens with one attached hydrogen (secondary N) is 2. The second-order valence-corrected chi connectivity index (χ2v) is 7.44. The van der Waals surface area contributed by atoms with Gasteiger partial charge in [0.05, 0.1) is 5.69 Å². The summed E-state index contributed by atoms with van der Waals surface area (Å²) in [5.74, 6) is 0.768. The minimum absolute atomic E-state index is 0.0895. The number of aromatic nitrogens is 1. The first-order chi connectivity index (χ1) is 12.4. The zero-order valence-corrected chi connectivity index (χ0v) is 14.9. The average Bonchev–Trinajstić information content (AvgIpc) is 3.21. The van der Waals surface area contributed by atoms with Crippen molar-refractivity contribution in [3.05, 3.63) is 48.2 Å². The molecule has 0 bridgehead atoms. The van der Waals surface area contributed by atoms with Crippen LogP contribution in [0, 0.1) is 0 Å². The molecule has 0 radical (unpaired) electrons. The topological polar surface area (TPSA) is 83.6 Å². The number of fused-ring (bicyclic) bond motifs is 2. The molecule has 3 N–H and O–H groups in total. The van der Waals surface area contributed by atoms with Crippen LogP contribution in [0.4, 0.5) is 5.69 Å². The lowest BCUT2D eigenvalue weighted by Gasteiger charge is -2.19. The summed E-state index contributed by atoms with van der Waals surface area (Å²) in [4.78, 5) is 15.6. The number of aromatic amines is 1. The number of carbonyl (C=O) groups is 1. The molecule has 1 aromatic heterocycles. The third-order valence-electron chi connectivity index (χ3n) is 4.11. The third-order valence-corrected chi connectivity index (χ3v) is 4.72. The normalized spacial score (nSPS) is 13.2. The van der Waals surface area contributed by atoms with Crippen molar-refractivity contribution < 1.29 is 19.4 Å². The summed E-state index contributed by atoms with van der Waals surface area (Å²) >= 11 is 12.6. The number of ether oxygens (including phenoxy) is 2. The van der Waals surface area contributed by atoms with Crippen LogP contribution in [0.15, 0.2) is 42.6 Å². The molecule has 0 saturated heterocycles. The molecule has 4 rings (SSSR count). The van der Waals surface area contributed by atoms with Gasteiger partial charge in [-0.15, -0.1) is 0 Å². The van der Waals surface area contributed by atoms with E-state index in [-0.39, 0.29) is 19.0 Å². The summed E-state index contributed by atoms with van der Waals surface area (Å²) in [6.45, 7) is 0.166. The molecule has 0 fully saturated rings. The largest absolute Gasteiger partial charge is 0.508 e. The van der Waals surface area contributed by atoms with E-state index in [9.17, 15) is 9.90 Å². The Morgan fingerprint density at radius 2 is 2.00 bits per heavy atom. The van der Waals surface area contributed by atoms with Crippen LogP contribution >= 0.6 is 23.2 Å². The van der Waals surface area contributed by atoms with Crippen LogP contribution in [-0.2, 0) is 11.2 Å². The van der Waals surface area contributed by atoms with E-state index in [2.05, 4.69) is 10.3 Å². The van der Waals surface area contributed by atoms with E-state index in [0.717, 1.165) is 11.1 Å². The second-order valence-electron chi connectivity index (χ2n) is 5.96. The molecule has 1 aliphatic heterocycles. The smallest absolute Gasteiger partial charge is 0.261 e. The Labute approximate surface area is 158 Å². The van der Waals surface area contributed by atoms with Gasteiger partial charge >= 0.3 is 0 Å². The molecule has 26 heavy (non-hydrogen) atoms. The number of phenols is 1. The quantitative estimate of drug-likeness (QED) is 0.586. The van der Waals surface area contributed by atoms with E-state index in [1.165, 1.54) is 0 Å². The summed E-state index contributed by atoms with van der Waals surface area (Å²) in [7, 11) is 0. The van der Waals surface area contributed by atoms with Crippen molar-refractivity contribution in [1.82, 2.24) is 4.98 Å². The van der Waals surface area contributed by atoms with Crippen LogP contribution in [0.1, 0.15) is 5.56 Å². The van der Waals surface area contributed by atoms with Crippen molar-refractivity contribution in [2.75, 3.05) is 12.1 Å². The van der Waals surface area contributed by atoms with E-state index in [0.29, 0.717) is 22.6 Å². The minimum Gasteiger partial charge on any atom is -0.508 e. The zero-order chi connectivity index (χ0) is 18.3. The molecular weight excluding hydrogens is 379 g/mol. The van der Waals surface area contributed by atoms with Crippen molar-refractivity contribution in [3.63, 3.8) is 0 Å². The minimum atomic E-state index is -1.69. The van der Waals surface area contributed by atoms with Crippen molar-refractivity contribution in [3.8, 4) is 17.2 Å². The van der Waals surface area contributed by atoms with Crippen molar-refractivity contribution >= 4 is 45.7 Å². The second kappa shape index (κ2) is 6.30. The first-order valence-corrected chi connectivity index (χ1v) is 8.56. The SMILES string of the molecule is O=C(Nc1c[nH]c2ccc(O)cc12)C(Cl)(Cl)Cc1ccc2c(c1)OCO2. The molecule has 1 aliphatic rings. The number of amides is 1. The van der Waals surface area contributed by atoms with Gasteiger partial charge in [0.2, 0.25) is 6.79 Å². The van der Waals surface area contributed by atoms with E-state index < -0.39 is 10.2 Å². The highest BCUT2D eigenvalue weighted by atomic mass is 35.5. The number of phenolic OH excluding ortho intramolecular Hbond substituents is 1. The first kappa shape index (κ1) is 16.9. The van der Waals surface area contributed by atoms with Gasteiger partial charge in [-0.2, -0.15) is 0 Å². The summed E-state index contributed by atoms with van der Waals surface area (Å²) in [5.41, 5.74) is 1.99. The summed E-state index contributed by atoms with van der Waals surface area (Å²) in [6.07, 6.45) is 1.71. The van der Waals surface area contributed by atoms with E-state index in [1.807, 2.05) is 0 Å². The van der Waals surface area contributed by atoms with Crippen LogP contribution in [-0.4, -0.2) is 27.1 Å². The van der Waals surface area contributed by atoms with Gasteiger partial charge in [0.25, 0.3) is 5.91 Å². The fraction of sp³-hybridized carbons (Fsp3) is 0.167. The highest BCUT2D eigenvalue weighted by Gasteiger charge is 2.35. The molecule has 134 valence electrons. The maximum atomic E-state index is 12.6. The number of halogens is 2. The monoisotopic (exact) mass is 392 g/mol. The number of hydrogen-bond acceptors (Lipinski definition) is 4. The Morgan fingerprint density at radius 3 is 2.85 bits per heavy atom. The van der Waals surface area contributed by atoms with Gasteiger partial charge in [0.15, 0.2) is 15.8 Å². The Morgan fingerprint density at radius 1 is 1.19 bits per heavy atom. The number of alkyl halides is 2. The number of H-pyrrole nitrogens is 1. The fourth-order valence-electron chi connectivity index (χ4n) is 2.81. The van der Waals surface area contributed by atoms with Crippen LogP contribution in [0.5, 0.6) is 17.2 Å². The third kappa shape index (κ3) is 3.13. The Bertz CT molecular complexity index is 1000. The molecule has 2 heterocycles. The first-order valence-electron chi connectivity index (χ1n) is 7.80. The maximum absolute atomic E-state index is 12.6. The predicted octanol–water partition coefficient (Wildman–Crippen LogP) is 3.96. The number of hydrogen-bond donors (Lipinski definition) is 3. The number of rotatable bonds is 4. The van der Waals surface area contributed by atoms with Crippen LogP contribution in [0.25, 0.3) is 10.9 Å². The molecule has 1 amide bonds. The Hall–Kier alpha value is -2.57. The summed E-state index contributed by atoms with van der Waals surface area (Å²) < 4.78 is 8.90. The van der Waals surface area contributed by atoms with Crippen molar-refractivity contribution in [2.24, 2.45) is 0 Å². The van der Waals surface area contributed by atoms with Crippen LogP contribution < -0.4 is 14.8 Å². The Kier molecular flexibility index (Phi) is 4.09. The van der Waals surface area contributed by atoms with Gasteiger partial charge in [-0.05, 0) is 35.9 Å². The number of carbonyl (C=O) groups excluding carboxylic acids is 1. The predicted molar refractivity (Wildman–Crippen MR) is 99.3 cm³/mol. The molecule has 0 saturated carbocycles. The number of anilines is 1. The fourth-order valence-corrected chi connectivity index (χ4v) is 3.22. The highest BCUT2D eigenvalue weighted by molar-refractivity contribution is 6.59. The molecule has 0 aliphatic carbocycles. The molecule has 6 nitrogen and oxygen atoms in total. The van der Waals surface area contributed by atoms with Gasteiger partial charge in [0.1, 0.15) is 5.75 Å². The van der Waals surface area contributed by atoms with Gasteiger partial charge in [-0.3, -0.25) is 4.79 Å². The number of benzene rings is 2. The lowest BCUT2D eigenvalue weighted by molar-refractivity contribution is -0.116. The van der Waals surface area contributed by atoms with Gasteiger partial charge < -0.3 is 24.9 Å². The highest BCUT2D eigenvalue weighted by Crippen LogP contribution is 2.36. The average molecular weight is 393 g/mol. The van der Waals surface area contributed by atoms with Gasteiger partial charge in [-0.25, -0.2) is 0 Å². The summed E-state index contributed by atoms with van der Waals surface area (Å²) in [5, 5.41) is 13.0. The van der Waals surface area contributed by atoms with Crippen molar-refractivity contribution in [1.29, 1.82) is 0 Å². The van der Waals surface area contributed by atoms with Gasteiger partial charge in [-0.1, -0.05) is 29.3 Å². The molecule has 8 heteroatoms. The summed E-state index contributed by atoms with van der Waals surface area (Å²) in [6, 6.07) is 10.1. The molecule has 3 aromatic rings. The van der Waals surface area contributed by atoms with E-state index >= 15 is 0 Å². The van der Waals surface area contributed by atoms with Crippen LogP contribution in [0.2, 0.25) is 0 Å². The van der Waals surface area contributed by atoms with Crippen molar-refractivity contribution in [2.45, 2.75) is 10.8 Å². The Balaban J connectivity index is 1.53. The molecular formula is C18H14Cl2N2O4. The maximum Gasteiger partial charge on any atom is 0.261 e. The van der Waals surface area contributed by atoms with E-state index in [4.69, 9.17) is 32.7 Å². The lowest BCUT2D eigenvalue weighted by Crippen LogP contribution is -2.34. The molecule has 2 aromatic carbocycles. The van der Waals surface area contributed by atoms with E-state index in [1.54, 1.807) is 42.6 Å². The molecule has 0 atom stereocenters. The standard InChI is InChI=1S/C18H14Cl2N2O4/c19-18(20,7-10-1-4-15-16(5-10)26-9-25-15)17(24)22-14-8-21-13-3-2-11(23)6-12(13)14/h1-6,8,21,23H,7,9H2,(H,22,24). The molecule has 0 spiro atoms. The lowest BCUT2D eigenvalue weighted by atomic mass is 10.1. The van der Waals surface area contributed by atoms with Crippen LogP contribution in [0.3, 0.4) is 0 Å². The molecule has 0 unspecified atom stereocenters. The number of aromatic hydroxyl groups is 1.